The molecule has 2 aromatic rings. The number of hydrogen-bond acceptors (Lipinski definition) is 6. The highest BCUT2D eigenvalue weighted by atomic mass is 16.7. The molecule has 2 aromatic carbocycles. The second kappa shape index (κ2) is 6.17. The van der Waals surface area contributed by atoms with Crippen molar-refractivity contribution in [3.8, 4) is 23.0 Å². The van der Waals surface area contributed by atoms with Crippen molar-refractivity contribution in [1.29, 1.82) is 0 Å². The predicted octanol–water partition coefficient (Wildman–Crippen LogP) is 4.33. The van der Waals surface area contributed by atoms with Crippen molar-refractivity contribution in [1.82, 2.24) is 0 Å². The molecule has 0 saturated heterocycles. The summed E-state index contributed by atoms with van der Waals surface area (Å²) in [7, 11) is 1.52. The normalized spacial score (nSPS) is 21.3. The third kappa shape index (κ3) is 2.82. The Morgan fingerprint density at radius 2 is 1.90 bits per heavy atom. The number of carbonyl (C=O) groups excluding carboxylic acids is 1. The summed E-state index contributed by atoms with van der Waals surface area (Å²) in [6.07, 6.45) is 1.27. The van der Waals surface area contributed by atoms with Gasteiger partial charge in [0.05, 0.1) is 7.11 Å². The molecule has 2 N–H and O–H groups in total. The number of methoxy groups -OCH3 is 1. The number of ether oxygens (including phenoxy) is 3. The van der Waals surface area contributed by atoms with Crippen LogP contribution in [0.25, 0.3) is 0 Å². The van der Waals surface area contributed by atoms with E-state index in [0.29, 0.717) is 23.7 Å². The second-order valence-corrected chi connectivity index (χ2v) is 8.62. The van der Waals surface area contributed by atoms with Crippen molar-refractivity contribution in [3.63, 3.8) is 0 Å². The summed E-state index contributed by atoms with van der Waals surface area (Å²) in [4.78, 5) is 13.2. The van der Waals surface area contributed by atoms with Crippen molar-refractivity contribution in [2.75, 3.05) is 19.2 Å². The molecule has 0 fully saturated rings. The summed E-state index contributed by atoms with van der Waals surface area (Å²) < 4.78 is 16.3. The van der Waals surface area contributed by atoms with Gasteiger partial charge in [-0.15, -0.1) is 0 Å². The lowest BCUT2D eigenvalue weighted by Crippen LogP contribution is -2.33. The van der Waals surface area contributed by atoms with E-state index in [4.69, 9.17) is 14.2 Å². The van der Waals surface area contributed by atoms with Crippen LogP contribution < -0.4 is 19.5 Å². The van der Waals surface area contributed by atoms with Gasteiger partial charge in [-0.05, 0) is 41.2 Å². The Morgan fingerprint density at radius 3 is 2.62 bits per heavy atom. The molecule has 150 valence electrons. The number of phenolic OH excluding ortho intramolecular Hbond substituents is 1. The Labute approximate surface area is 169 Å². The average Bonchev–Trinajstić information content (AvgIpc) is 3.11. The van der Waals surface area contributed by atoms with Gasteiger partial charge in [0.15, 0.2) is 28.8 Å². The number of fused-ring (bicyclic) bond motifs is 2. The minimum atomic E-state index is -0.295. The molecule has 0 amide bonds. The summed E-state index contributed by atoms with van der Waals surface area (Å²) in [5, 5.41) is 13.9. The minimum absolute atomic E-state index is 0.0524. The van der Waals surface area contributed by atoms with Crippen LogP contribution in [0.3, 0.4) is 0 Å². The van der Waals surface area contributed by atoms with Crippen molar-refractivity contribution >= 4 is 11.5 Å². The number of hydrogen-bond donors (Lipinski definition) is 2. The summed E-state index contributed by atoms with van der Waals surface area (Å²) in [5.74, 6) is 1.65. The first-order valence-electron chi connectivity index (χ1n) is 9.70. The van der Waals surface area contributed by atoms with E-state index in [0.717, 1.165) is 34.5 Å². The summed E-state index contributed by atoms with van der Waals surface area (Å²) in [6.45, 7) is 4.41. The summed E-state index contributed by atoms with van der Waals surface area (Å²) >= 11 is 0. The molecule has 1 atom stereocenters. The first-order valence-corrected chi connectivity index (χ1v) is 9.70. The number of carbonyl (C=O) groups is 1. The van der Waals surface area contributed by atoms with Crippen LogP contribution in [0, 0.1) is 5.41 Å². The molecule has 1 unspecified atom stereocenters. The van der Waals surface area contributed by atoms with Gasteiger partial charge in [-0.1, -0.05) is 19.9 Å². The second-order valence-electron chi connectivity index (χ2n) is 8.62. The van der Waals surface area contributed by atoms with Gasteiger partial charge in [0.1, 0.15) is 0 Å². The number of aromatic hydroxyl groups is 1. The predicted molar refractivity (Wildman–Crippen MR) is 108 cm³/mol. The molecule has 0 radical (unpaired) electrons. The lowest BCUT2D eigenvalue weighted by Gasteiger charge is -2.39. The quantitative estimate of drug-likeness (QED) is 0.791. The fraction of sp³-hybridized carbons (Fsp3) is 0.348. The van der Waals surface area contributed by atoms with Crippen LogP contribution in [-0.2, 0) is 4.79 Å². The van der Waals surface area contributed by atoms with E-state index in [2.05, 4.69) is 19.2 Å². The summed E-state index contributed by atoms with van der Waals surface area (Å²) in [5.41, 5.74) is 4.27. The molecule has 0 bridgehead atoms. The fourth-order valence-corrected chi connectivity index (χ4v) is 4.64. The van der Waals surface area contributed by atoms with Crippen LogP contribution in [-0.4, -0.2) is 24.8 Å². The van der Waals surface area contributed by atoms with Gasteiger partial charge in [0.2, 0.25) is 6.79 Å². The molecule has 0 aromatic heterocycles. The van der Waals surface area contributed by atoms with Crippen LogP contribution >= 0.6 is 0 Å². The highest BCUT2D eigenvalue weighted by Gasteiger charge is 2.41. The van der Waals surface area contributed by atoms with E-state index in [9.17, 15) is 9.90 Å². The number of rotatable bonds is 2. The zero-order valence-electron chi connectivity index (χ0n) is 16.7. The SMILES string of the molecule is COc1ccc(C2C3=C(CC(C)(C)CC3=O)Nc3cc4c(cc32)OCO4)cc1O. The Morgan fingerprint density at radius 1 is 1.14 bits per heavy atom. The van der Waals surface area contributed by atoms with E-state index in [1.54, 1.807) is 12.1 Å². The van der Waals surface area contributed by atoms with E-state index < -0.39 is 0 Å². The summed E-state index contributed by atoms with van der Waals surface area (Å²) in [6, 6.07) is 9.19. The maximum absolute atomic E-state index is 13.2. The number of nitrogens with one attached hydrogen (secondary N) is 1. The van der Waals surface area contributed by atoms with Crippen molar-refractivity contribution in [2.45, 2.75) is 32.6 Å². The van der Waals surface area contributed by atoms with Gasteiger partial charge in [0, 0.05) is 35.4 Å². The monoisotopic (exact) mass is 393 g/mol. The van der Waals surface area contributed by atoms with E-state index in [1.807, 2.05) is 18.2 Å². The molecule has 2 heterocycles. The van der Waals surface area contributed by atoms with Gasteiger partial charge in [0.25, 0.3) is 0 Å². The Bertz CT molecular complexity index is 1070. The molecular formula is C23H23NO5. The first kappa shape index (κ1) is 17.9. The maximum Gasteiger partial charge on any atom is 0.231 e. The topological polar surface area (TPSA) is 77.0 Å². The van der Waals surface area contributed by atoms with Crippen LogP contribution in [0.15, 0.2) is 41.6 Å². The molecule has 5 rings (SSSR count). The van der Waals surface area contributed by atoms with Gasteiger partial charge >= 0.3 is 0 Å². The molecule has 0 saturated carbocycles. The van der Waals surface area contributed by atoms with Crippen LogP contribution in [0.2, 0.25) is 0 Å². The molecular weight excluding hydrogens is 370 g/mol. The van der Waals surface area contributed by atoms with Crippen LogP contribution in [0.1, 0.15) is 43.7 Å². The van der Waals surface area contributed by atoms with Crippen molar-refractivity contribution in [2.24, 2.45) is 5.41 Å². The smallest absolute Gasteiger partial charge is 0.231 e. The fourth-order valence-electron chi connectivity index (χ4n) is 4.64. The standard InChI is InChI=1S/C23H23NO5/c1-23(2)9-15-22(17(26)10-23)21(12-4-5-18(27-3)16(25)6-12)13-7-19-20(29-11-28-19)8-14(13)24-15/h4-8,21,24-25H,9-11H2,1-3H3. The highest BCUT2D eigenvalue weighted by Crippen LogP contribution is 2.52. The Balaban J connectivity index is 1.72. The van der Waals surface area contributed by atoms with Gasteiger partial charge in [-0.3, -0.25) is 4.79 Å². The van der Waals surface area contributed by atoms with E-state index >= 15 is 0 Å². The number of anilines is 1. The van der Waals surface area contributed by atoms with Crippen LogP contribution in [0.5, 0.6) is 23.0 Å². The van der Waals surface area contributed by atoms with Gasteiger partial charge in [-0.25, -0.2) is 0 Å². The molecule has 29 heavy (non-hydrogen) atoms. The Kier molecular flexibility index (Phi) is 3.81. The maximum atomic E-state index is 13.2. The van der Waals surface area contributed by atoms with Crippen molar-refractivity contribution < 1.29 is 24.1 Å². The molecule has 3 aliphatic rings. The van der Waals surface area contributed by atoms with Crippen LogP contribution in [0.4, 0.5) is 5.69 Å². The minimum Gasteiger partial charge on any atom is -0.504 e. The number of allylic oxidation sites excluding steroid dienone is 2. The van der Waals surface area contributed by atoms with Gasteiger partial charge < -0.3 is 24.6 Å². The molecule has 2 aliphatic heterocycles. The Hall–Kier alpha value is -3.15. The number of phenols is 1. The molecule has 6 heteroatoms. The first-order chi connectivity index (χ1) is 13.9. The molecule has 1 aliphatic carbocycles. The van der Waals surface area contributed by atoms with Crippen molar-refractivity contribution in [3.05, 3.63) is 52.7 Å². The number of Topliss-reactive ketones (excluding diaryl/α,β-unsaturated/α-hetero) is 1. The molecule has 6 nitrogen and oxygen atoms in total. The van der Waals surface area contributed by atoms with E-state index in [1.165, 1.54) is 7.11 Å². The number of ketones is 1. The zero-order chi connectivity index (χ0) is 20.3. The number of benzene rings is 2. The third-order valence-electron chi connectivity index (χ3n) is 5.89. The lowest BCUT2D eigenvalue weighted by molar-refractivity contribution is -0.118. The lowest BCUT2D eigenvalue weighted by atomic mass is 9.68. The molecule has 0 spiro atoms. The van der Waals surface area contributed by atoms with E-state index in [-0.39, 0.29) is 29.7 Å². The zero-order valence-corrected chi connectivity index (χ0v) is 16.7. The third-order valence-corrected chi connectivity index (χ3v) is 5.89. The average molecular weight is 393 g/mol. The van der Waals surface area contributed by atoms with Gasteiger partial charge in [-0.2, -0.15) is 0 Å². The largest absolute Gasteiger partial charge is 0.504 e. The highest BCUT2D eigenvalue weighted by molar-refractivity contribution is 6.01.